The lowest BCUT2D eigenvalue weighted by atomic mass is 10.0. The number of hydrogen-bond donors (Lipinski definition) is 1. The molecule has 21 heavy (non-hydrogen) atoms. The quantitative estimate of drug-likeness (QED) is 0.865. The van der Waals surface area contributed by atoms with Crippen LogP contribution < -0.4 is 10.1 Å². The summed E-state index contributed by atoms with van der Waals surface area (Å²) in [5.41, 5.74) is 0. The molecule has 1 N–H and O–H groups in total. The zero-order valence-electron chi connectivity index (χ0n) is 13.7. The number of likely N-dealkylation sites (N-methyl/N-ethyl adjacent to an activating group) is 1. The van der Waals surface area contributed by atoms with E-state index in [4.69, 9.17) is 4.74 Å². The van der Waals surface area contributed by atoms with Gasteiger partial charge < -0.3 is 15.0 Å². The van der Waals surface area contributed by atoms with E-state index in [-0.39, 0.29) is 0 Å². The maximum absolute atomic E-state index is 5.14. The van der Waals surface area contributed by atoms with Gasteiger partial charge in [-0.2, -0.15) is 0 Å². The molecular weight excluding hydrogens is 264 g/mol. The predicted molar refractivity (Wildman–Crippen MR) is 87.0 cm³/mol. The fourth-order valence-corrected chi connectivity index (χ4v) is 2.75. The van der Waals surface area contributed by atoms with E-state index in [0.717, 1.165) is 44.3 Å². The second-order valence-corrected chi connectivity index (χ2v) is 6.11. The fourth-order valence-electron chi connectivity index (χ4n) is 2.75. The molecule has 0 spiro atoms. The molecule has 0 aliphatic carbocycles. The monoisotopic (exact) mass is 292 g/mol. The van der Waals surface area contributed by atoms with Crippen molar-refractivity contribution in [1.29, 1.82) is 0 Å². The van der Waals surface area contributed by atoms with Crippen molar-refractivity contribution in [2.45, 2.75) is 19.9 Å². The van der Waals surface area contributed by atoms with Crippen molar-refractivity contribution >= 4 is 5.82 Å². The molecule has 0 bridgehead atoms. The Balaban J connectivity index is 1.90. The lowest BCUT2D eigenvalue weighted by Crippen LogP contribution is -2.52. The first-order chi connectivity index (χ1) is 10.1. The third-order valence-electron chi connectivity index (χ3n) is 4.24. The Morgan fingerprint density at radius 2 is 1.95 bits per heavy atom. The Labute approximate surface area is 128 Å². The minimum Gasteiger partial charge on any atom is -0.495 e. The summed E-state index contributed by atoms with van der Waals surface area (Å²) >= 11 is 0. The maximum atomic E-state index is 5.14. The van der Waals surface area contributed by atoms with E-state index < -0.39 is 0 Å². The molecule has 1 aliphatic rings. The van der Waals surface area contributed by atoms with Gasteiger partial charge in [-0.3, -0.25) is 4.90 Å². The lowest BCUT2D eigenvalue weighted by Gasteiger charge is -2.40. The summed E-state index contributed by atoms with van der Waals surface area (Å²) in [7, 11) is 3.85. The smallest absolute Gasteiger partial charge is 0.137 e. The number of hydrogen-bond acceptors (Lipinski definition) is 5. The van der Waals surface area contributed by atoms with Gasteiger partial charge in [-0.1, -0.05) is 13.8 Å². The average molecular weight is 292 g/mol. The first kappa shape index (κ1) is 16.0. The molecule has 118 valence electrons. The molecule has 5 nitrogen and oxygen atoms in total. The fraction of sp³-hybridized carbons (Fsp3) is 0.688. The van der Waals surface area contributed by atoms with E-state index in [1.54, 1.807) is 13.3 Å². The van der Waals surface area contributed by atoms with Crippen LogP contribution in [0.15, 0.2) is 18.3 Å². The molecule has 0 amide bonds. The molecule has 0 saturated carbocycles. The van der Waals surface area contributed by atoms with Gasteiger partial charge in [-0.05, 0) is 25.1 Å². The average Bonchev–Trinajstić information content (AvgIpc) is 2.49. The number of rotatable bonds is 6. The summed E-state index contributed by atoms with van der Waals surface area (Å²) in [6.45, 7) is 10.1. The molecule has 1 atom stereocenters. The number of anilines is 1. The summed E-state index contributed by atoms with van der Waals surface area (Å²) < 4.78 is 5.14. The van der Waals surface area contributed by atoms with Crippen molar-refractivity contribution in [2.75, 3.05) is 52.2 Å². The molecule has 1 fully saturated rings. The number of nitrogens with one attached hydrogen (secondary N) is 1. The first-order valence-electron chi connectivity index (χ1n) is 7.76. The third-order valence-corrected chi connectivity index (χ3v) is 4.24. The molecule has 1 unspecified atom stereocenters. The van der Waals surface area contributed by atoms with Gasteiger partial charge >= 0.3 is 0 Å². The van der Waals surface area contributed by atoms with Crippen LogP contribution in [0.2, 0.25) is 0 Å². The van der Waals surface area contributed by atoms with Crippen LogP contribution in [-0.2, 0) is 0 Å². The van der Waals surface area contributed by atoms with E-state index in [1.165, 1.54) is 0 Å². The minimum atomic E-state index is 0.544. The Morgan fingerprint density at radius 1 is 1.24 bits per heavy atom. The molecule has 5 heteroatoms. The van der Waals surface area contributed by atoms with Crippen LogP contribution in [0.25, 0.3) is 0 Å². The first-order valence-corrected chi connectivity index (χ1v) is 7.76. The van der Waals surface area contributed by atoms with Crippen molar-refractivity contribution in [3.8, 4) is 5.75 Å². The van der Waals surface area contributed by atoms with Crippen LogP contribution in [-0.4, -0.2) is 67.7 Å². The molecule has 2 heterocycles. The van der Waals surface area contributed by atoms with Crippen LogP contribution >= 0.6 is 0 Å². The Kier molecular flexibility index (Phi) is 5.82. The number of aromatic nitrogens is 1. The van der Waals surface area contributed by atoms with Gasteiger partial charge in [-0.15, -0.1) is 0 Å². The second kappa shape index (κ2) is 7.61. The third kappa shape index (κ3) is 4.58. The van der Waals surface area contributed by atoms with Crippen molar-refractivity contribution in [3.05, 3.63) is 18.3 Å². The van der Waals surface area contributed by atoms with Crippen LogP contribution in [0.3, 0.4) is 0 Å². The zero-order chi connectivity index (χ0) is 15.2. The lowest BCUT2D eigenvalue weighted by molar-refractivity contribution is 0.0944. The number of pyridine rings is 1. The number of ether oxygens (including phenoxy) is 1. The molecule has 1 aromatic heterocycles. The van der Waals surface area contributed by atoms with Gasteiger partial charge in [0.15, 0.2) is 0 Å². The Hall–Kier alpha value is -1.33. The van der Waals surface area contributed by atoms with Gasteiger partial charge in [0, 0.05) is 38.8 Å². The second-order valence-electron chi connectivity index (χ2n) is 6.11. The van der Waals surface area contributed by atoms with Gasteiger partial charge in [-0.25, -0.2) is 4.98 Å². The molecule has 1 saturated heterocycles. The highest BCUT2D eigenvalue weighted by Crippen LogP contribution is 2.16. The molecular formula is C16H28N4O. The van der Waals surface area contributed by atoms with E-state index in [9.17, 15) is 0 Å². The summed E-state index contributed by atoms with van der Waals surface area (Å²) in [6.07, 6.45) is 1.75. The number of nitrogens with zero attached hydrogens (tertiary/aromatic N) is 3. The highest BCUT2D eigenvalue weighted by Gasteiger charge is 2.24. The predicted octanol–water partition coefficient (Wildman–Crippen LogP) is 1.77. The molecule has 0 radical (unpaired) electrons. The van der Waals surface area contributed by atoms with Crippen molar-refractivity contribution < 1.29 is 4.74 Å². The largest absolute Gasteiger partial charge is 0.495 e. The molecule has 2 rings (SSSR count). The van der Waals surface area contributed by atoms with Crippen LogP contribution in [0, 0.1) is 5.92 Å². The summed E-state index contributed by atoms with van der Waals surface area (Å²) in [5, 5.41) is 3.46. The topological polar surface area (TPSA) is 40.6 Å². The van der Waals surface area contributed by atoms with Crippen LogP contribution in [0.5, 0.6) is 5.75 Å². The van der Waals surface area contributed by atoms with E-state index >= 15 is 0 Å². The highest BCUT2D eigenvalue weighted by atomic mass is 16.5. The van der Waals surface area contributed by atoms with Crippen molar-refractivity contribution in [3.63, 3.8) is 0 Å². The molecule has 0 aromatic carbocycles. The van der Waals surface area contributed by atoms with E-state index in [0.29, 0.717) is 12.0 Å². The summed E-state index contributed by atoms with van der Waals surface area (Å²) in [5.74, 6) is 2.33. The van der Waals surface area contributed by atoms with Gasteiger partial charge in [0.1, 0.15) is 11.6 Å². The number of methoxy groups -OCH3 is 1. The van der Waals surface area contributed by atoms with Crippen LogP contribution in [0.4, 0.5) is 5.82 Å². The maximum Gasteiger partial charge on any atom is 0.137 e. The Morgan fingerprint density at radius 3 is 2.48 bits per heavy atom. The van der Waals surface area contributed by atoms with Gasteiger partial charge in [0.2, 0.25) is 0 Å². The van der Waals surface area contributed by atoms with Crippen molar-refractivity contribution in [1.82, 2.24) is 14.8 Å². The van der Waals surface area contributed by atoms with Crippen molar-refractivity contribution in [2.24, 2.45) is 5.92 Å². The van der Waals surface area contributed by atoms with Gasteiger partial charge in [0.05, 0.1) is 13.3 Å². The SMILES string of the molecule is COc1ccc(NCC(C(C)C)N2CCN(C)CC2)nc1. The van der Waals surface area contributed by atoms with Crippen LogP contribution in [0.1, 0.15) is 13.8 Å². The van der Waals surface area contributed by atoms with Gasteiger partial charge in [0.25, 0.3) is 0 Å². The molecule has 1 aliphatic heterocycles. The zero-order valence-corrected chi connectivity index (χ0v) is 13.7. The normalized spacial score (nSPS) is 18.7. The molecule has 1 aromatic rings. The summed E-state index contributed by atoms with van der Waals surface area (Å²) in [4.78, 5) is 9.37. The summed E-state index contributed by atoms with van der Waals surface area (Å²) in [6, 6.07) is 4.46. The van der Waals surface area contributed by atoms with E-state index in [2.05, 4.69) is 41.0 Å². The number of piperazine rings is 1. The Bertz CT molecular complexity index is 413. The highest BCUT2D eigenvalue weighted by molar-refractivity contribution is 5.37. The standard InChI is InChI=1S/C16H28N4O/c1-13(2)15(20-9-7-19(3)8-10-20)12-18-16-6-5-14(21-4)11-17-16/h5-6,11,13,15H,7-10,12H2,1-4H3,(H,17,18). The van der Waals surface area contributed by atoms with E-state index in [1.807, 2.05) is 12.1 Å². The minimum absolute atomic E-state index is 0.544.